The zero-order valence-corrected chi connectivity index (χ0v) is 9.44. The van der Waals surface area contributed by atoms with E-state index >= 15 is 0 Å². The standard InChI is InChI=1S/C14H10N2O2/c15-11-9-5-7-3-1-2-4-8(7)6-10(9)13(17)14(18)12(11)16/h1-6,12,15H,16H2. The second kappa shape index (κ2) is 3.58. The molecule has 0 bridgehead atoms. The summed E-state index contributed by atoms with van der Waals surface area (Å²) in [7, 11) is 0. The lowest BCUT2D eigenvalue weighted by Crippen LogP contribution is -2.47. The fourth-order valence-electron chi connectivity index (χ4n) is 2.22. The summed E-state index contributed by atoms with van der Waals surface area (Å²) in [6, 6.07) is 9.78. The molecule has 1 unspecified atom stereocenters. The molecule has 4 nitrogen and oxygen atoms in total. The molecule has 0 radical (unpaired) electrons. The van der Waals surface area contributed by atoms with Crippen molar-refractivity contribution >= 4 is 28.1 Å². The van der Waals surface area contributed by atoms with Crippen molar-refractivity contribution in [1.29, 1.82) is 5.41 Å². The number of fused-ring (bicyclic) bond motifs is 2. The van der Waals surface area contributed by atoms with Crippen LogP contribution in [0.15, 0.2) is 36.4 Å². The Kier molecular flexibility index (Phi) is 2.15. The maximum absolute atomic E-state index is 11.9. The number of hydrogen-bond acceptors (Lipinski definition) is 4. The molecule has 0 saturated heterocycles. The highest BCUT2D eigenvalue weighted by molar-refractivity contribution is 6.53. The lowest BCUT2D eigenvalue weighted by atomic mass is 9.83. The molecule has 0 heterocycles. The van der Waals surface area contributed by atoms with Crippen LogP contribution in [-0.2, 0) is 4.79 Å². The molecule has 88 valence electrons. The molecule has 0 fully saturated rings. The molecule has 0 aliphatic heterocycles. The second-order valence-corrected chi connectivity index (χ2v) is 4.33. The Balaban J connectivity index is 2.36. The Morgan fingerprint density at radius 1 is 1.00 bits per heavy atom. The number of ketones is 2. The van der Waals surface area contributed by atoms with Crippen LogP contribution in [0.2, 0.25) is 0 Å². The Hall–Kier alpha value is -2.33. The van der Waals surface area contributed by atoms with Crippen LogP contribution in [0.1, 0.15) is 15.9 Å². The highest BCUT2D eigenvalue weighted by atomic mass is 16.2. The Labute approximate surface area is 103 Å². The lowest BCUT2D eigenvalue weighted by Gasteiger charge is -2.20. The molecule has 1 aliphatic rings. The van der Waals surface area contributed by atoms with E-state index in [1.54, 1.807) is 12.1 Å². The van der Waals surface area contributed by atoms with Gasteiger partial charge in [0.15, 0.2) is 0 Å². The Morgan fingerprint density at radius 3 is 2.17 bits per heavy atom. The van der Waals surface area contributed by atoms with E-state index in [1.807, 2.05) is 24.3 Å². The highest BCUT2D eigenvalue weighted by Crippen LogP contribution is 2.25. The van der Waals surface area contributed by atoms with Crippen LogP contribution >= 0.6 is 0 Å². The van der Waals surface area contributed by atoms with Crippen molar-refractivity contribution in [3.63, 3.8) is 0 Å². The van der Waals surface area contributed by atoms with Gasteiger partial charge in [0.05, 0.1) is 5.71 Å². The number of benzene rings is 2. The van der Waals surface area contributed by atoms with Crippen molar-refractivity contribution in [3.8, 4) is 0 Å². The summed E-state index contributed by atoms with van der Waals surface area (Å²) in [5.74, 6) is -1.30. The fraction of sp³-hybridized carbons (Fsp3) is 0.0714. The highest BCUT2D eigenvalue weighted by Gasteiger charge is 2.35. The van der Waals surface area contributed by atoms with Crippen molar-refractivity contribution in [2.24, 2.45) is 5.73 Å². The summed E-state index contributed by atoms with van der Waals surface area (Å²) in [6.07, 6.45) is 0. The van der Waals surface area contributed by atoms with Crippen LogP contribution < -0.4 is 5.73 Å². The Bertz CT molecular complexity index is 719. The number of rotatable bonds is 0. The van der Waals surface area contributed by atoms with E-state index in [2.05, 4.69) is 0 Å². The third kappa shape index (κ3) is 1.33. The average molecular weight is 238 g/mol. The third-order valence-electron chi connectivity index (χ3n) is 3.24. The van der Waals surface area contributed by atoms with Crippen molar-refractivity contribution in [2.45, 2.75) is 6.04 Å². The summed E-state index contributed by atoms with van der Waals surface area (Å²) in [6.45, 7) is 0. The van der Waals surface area contributed by atoms with E-state index in [9.17, 15) is 9.59 Å². The van der Waals surface area contributed by atoms with Gasteiger partial charge in [-0.25, -0.2) is 0 Å². The zero-order chi connectivity index (χ0) is 12.9. The molecule has 1 atom stereocenters. The van der Waals surface area contributed by atoms with E-state index in [1.165, 1.54) is 0 Å². The number of nitrogens with two attached hydrogens (primary N) is 1. The van der Waals surface area contributed by atoms with Gasteiger partial charge >= 0.3 is 0 Å². The van der Waals surface area contributed by atoms with Crippen LogP contribution in [0.5, 0.6) is 0 Å². The number of nitrogens with one attached hydrogen (secondary N) is 1. The number of carbonyl (C=O) groups is 2. The summed E-state index contributed by atoms with van der Waals surface area (Å²) in [5.41, 5.74) is 6.34. The van der Waals surface area contributed by atoms with E-state index in [4.69, 9.17) is 11.1 Å². The maximum atomic E-state index is 11.9. The van der Waals surface area contributed by atoms with E-state index in [-0.39, 0.29) is 11.3 Å². The molecule has 3 rings (SSSR count). The van der Waals surface area contributed by atoms with E-state index < -0.39 is 17.6 Å². The van der Waals surface area contributed by atoms with Gasteiger partial charge < -0.3 is 11.1 Å². The van der Waals surface area contributed by atoms with E-state index in [0.717, 1.165) is 10.8 Å². The van der Waals surface area contributed by atoms with Gasteiger partial charge in [-0.1, -0.05) is 24.3 Å². The van der Waals surface area contributed by atoms with Gasteiger partial charge in [-0.05, 0) is 22.9 Å². The van der Waals surface area contributed by atoms with Crippen molar-refractivity contribution < 1.29 is 9.59 Å². The number of hydrogen-bond donors (Lipinski definition) is 2. The zero-order valence-electron chi connectivity index (χ0n) is 9.44. The fourth-order valence-corrected chi connectivity index (χ4v) is 2.22. The summed E-state index contributed by atoms with van der Waals surface area (Å²) < 4.78 is 0. The molecule has 3 N–H and O–H groups in total. The van der Waals surface area contributed by atoms with Crippen LogP contribution in [0.3, 0.4) is 0 Å². The Morgan fingerprint density at radius 2 is 1.56 bits per heavy atom. The molecular formula is C14H10N2O2. The largest absolute Gasteiger partial charge is 0.316 e. The lowest BCUT2D eigenvalue weighted by molar-refractivity contribution is -0.115. The predicted octanol–water partition coefficient (Wildman–Crippen LogP) is 1.30. The average Bonchev–Trinajstić information content (AvgIpc) is 2.41. The van der Waals surface area contributed by atoms with Crippen LogP contribution in [0.4, 0.5) is 0 Å². The first-order valence-corrected chi connectivity index (χ1v) is 5.55. The minimum Gasteiger partial charge on any atom is -0.316 e. The van der Waals surface area contributed by atoms with Crippen molar-refractivity contribution in [2.75, 3.05) is 0 Å². The molecule has 18 heavy (non-hydrogen) atoms. The van der Waals surface area contributed by atoms with Gasteiger partial charge in [0.25, 0.3) is 0 Å². The quantitative estimate of drug-likeness (QED) is 0.678. The molecule has 2 aromatic carbocycles. The summed E-state index contributed by atoms with van der Waals surface area (Å²) in [4.78, 5) is 23.5. The maximum Gasteiger partial charge on any atom is 0.231 e. The van der Waals surface area contributed by atoms with Gasteiger partial charge in [-0.15, -0.1) is 0 Å². The topological polar surface area (TPSA) is 84.0 Å². The van der Waals surface area contributed by atoms with Crippen LogP contribution in [0, 0.1) is 5.41 Å². The summed E-state index contributed by atoms with van der Waals surface area (Å²) >= 11 is 0. The first-order valence-electron chi connectivity index (χ1n) is 5.55. The second-order valence-electron chi connectivity index (χ2n) is 4.33. The van der Waals surface area contributed by atoms with Gasteiger partial charge in [0.1, 0.15) is 6.04 Å². The molecule has 0 spiro atoms. The van der Waals surface area contributed by atoms with Gasteiger partial charge in [-0.3, -0.25) is 9.59 Å². The first kappa shape index (κ1) is 10.8. The molecule has 0 aromatic heterocycles. The molecule has 4 heteroatoms. The van der Waals surface area contributed by atoms with Crippen molar-refractivity contribution in [1.82, 2.24) is 0 Å². The van der Waals surface area contributed by atoms with Crippen LogP contribution in [0.25, 0.3) is 10.8 Å². The predicted molar refractivity (Wildman–Crippen MR) is 68.1 cm³/mol. The normalized spacial score (nSPS) is 19.2. The minimum atomic E-state index is -1.13. The smallest absolute Gasteiger partial charge is 0.231 e. The number of Topliss-reactive ketones (excluding diaryl/α,β-unsaturated/α-hetero) is 2. The van der Waals surface area contributed by atoms with Gasteiger partial charge in [0.2, 0.25) is 11.6 Å². The SMILES string of the molecule is N=C1c2cc3ccccc3cc2C(=O)C(=O)C1N. The third-order valence-corrected chi connectivity index (χ3v) is 3.24. The van der Waals surface area contributed by atoms with Gasteiger partial charge in [-0.2, -0.15) is 0 Å². The van der Waals surface area contributed by atoms with Crippen molar-refractivity contribution in [3.05, 3.63) is 47.5 Å². The van der Waals surface area contributed by atoms with E-state index in [0.29, 0.717) is 5.56 Å². The monoisotopic (exact) mass is 238 g/mol. The molecule has 0 amide bonds. The molecule has 0 saturated carbocycles. The van der Waals surface area contributed by atoms with Gasteiger partial charge in [0, 0.05) is 11.1 Å². The molecule has 1 aliphatic carbocycles. The number of carbonyl (C=O) groups excluding carboxylic acids is 2. The van der Waals surface area contributed by atoms with Crippen LogP contribution in [-0.4, -0.2) is 23.3 Å². The minimum absolute atomic E-state index is 0.0142. The first-order chi connectivity index (χ1) is 8.59. The summed E-state index contributed by atoms with van der Waals surface area (Å²) in [5, 5.41) is 9.68. The molecular weight excluding hydrogens is 228 g/mol. The molecule has 2 aromatic rings.